The standard InChI is InChI=1S/C15H23NO3/c1-3-11(2)18-6-7-19-15(17)16-10-14-9-12-4-5-13(14)8-12/h3,12-14H,1-2,4-10H2,(H,16,17). The highest BCUT2D eigenvalue weighted by Crippen LogP contribution is 2.47. The molecule has 0 aliphatic heterocycles. The number of alkyl carbamates (subject to hydrolysis) is 1. The molecule has 0 aromatic carbocycles. The largest absolute Gasteiger partial charge is 0.491 e. The Balaban J connectivity index is 1.53. The minimum absolute atomic E-state index is 0.232. The van der Waals surface area contributed by atoms with E-state index < -0.39 is 0 Å². The number of carbonyl (C=O) groups excluding carboxylic acids is 1. The maximum Gasteiger partial charge on any atom is 0.407 e. The molecular weight excluding hydrogens is 242 g/mol. The van der Waals surface area contributed by atoms with Crippen LogP contribution in [-0.4, -0.2) is 25.9 Å². The van der Waals surface area contributed by atoms with Gasteiger partial charge in [0.25, 0.3) is 0 Å². The molecule has 2 bridgehead atoms. The first-order valence-corrected chi connectivity index (χ1v) is 7.03. The van der Waals surface area contributed by atoms with Crippen molar-refractivity contribution in [3.63, 3.8) is 0 Å². The van der Waals surface area contributed by atoms with E-state index in [2.05, 4.69) is 18.5 Å². The first-order chi connectivity index (χ1) is 9.19. The zero-order valence-corrected chi connectivity index (χ0v) is 11.4. The summed E-state index contributed by atoms with van der Waals surface area (Å²) < 4.78 is 10.2. The smallest absolute Gasteiger partial charge is 0.407 e. The van der Waals surface area contributed by atoms with Crippen LogP contribution >= 0.6 is 0 Å². The van der Waals surface area contributed by atoms with Crippen LogP contribution < -0.4 is 5.32 Å². The van der Waals surface area contributed by atoms with Gasteiger partial charge < -0.3 is 14.8 Å². The number of nitrogens with one attached hydrogen (secondary N) is 1. The molecule has 3 unspecified atom stereocenters. The first kappa shape index (κ1) is 14.0. The van der Waals surface area contributed by atoms with Crippen molar-refractivity contribution < 1.29 is 14.3 Å². The molecule has 1 amide bonds. The fourth-order valence-corrected chi connectivity index (χ4v) is 3.26. The van der Waals surface area contributed by atoms with E-state index in [0.29, 0.717) is 18.3 Å². The second kappa shape index (κ2) is 6.64. The van der Waals surface area contributed by atoms with E-state index in [9.17, 15) is 4.79 Å². The van der Waals surface area contributed by atoms with Crippen molar-refractivity contribution in [2.75, 3.05) is 19.8 Å². The average molecular weight is 265 g/mol. The van der Waals surface area contributed by atoms with E-state index in [-0.39, 0.29) is 12.7 Å². The Bertz CT molecular complexity index is 353. The lowest BCUT2D eigenvalue weighted by molar-refractivity contribution is 0.105. The van der Waals surface area contributed by atoms with Crippen LogP contribution in [0.5, 0.6) is 0 Å². The lowest BCUT2D eigenvalue weighted by Gasteiger charge is -2.21. The van der Waals surface area contributed by atoms with Crippen molar-refractivity contribution in [2.24, 2.45) is 17.8 Å². The number of carbonyl (C=O) groups is 1. The van der Waals surface area contributed by atoms with Crippen molar-refractivity contribution >= 4 is 6.09 Å². The number of hydrogen-bond donors (Lipinski definition) is 1. The molecule has 2 aliphatic carbocycles. The molecule has 106 valence electrons. The predicted molar refractivity (Wildman–Crippen MR) is 73.6 cm³/mol. The maximum atomic E-state index is 11.5. The third-order valence-corrected chi connectivity index (χ3v) is 4.22. The summed E-state index contributed by atoms with van der Waals surface area (Å²) in [6, 6.07) is 0. The summed E-state index contributed by atoms with van der Waals surface area (Å²) in [4.78, 5) is 11.5. The molecule has 2 rings (SSSR count). The molecule has 19 heavy (non-hydrogen) atoms. The number of hydrogen-bond acceptors (Lipinski definition) is 3. The van der Waals surface area contributed by atoms with Gasteiger partial charge in [0.2, 0.25) is 0 Å². The second-order valence-electron chi connectivity index (χ2n) is 5.47. The third-order valence-electron chi connectivity index (χ3n) is 4.22. The SMILES string of the molecule is C=CC(=C)OCCOC(=O)NCC1CC2CCC1C2. The fourth-order valence-electron chi connectivity index (χ4n) is 3.26. The van der Waals surface area contributed by atoms with Crippen LogP contribution in [0.15, 0.2) is 25.0 Å². The molecule has 4 nitrogen and oxygen atoms in total. The van der Waals surface area contributed by atoms with Crippen LogP contribution in [0.2, 0.25) is 0 Å². The Labute approximate surface area is 114 Å². The normalized spacial score (nSPS) is 27.9. The van der Waals surface area contributed by atoms with Gasteiger partial charge in [-0.15, -0.1) is 0 Å². The zero-order chi connectivity index (χ0) is 13.7. The molecule has 2 fully saturated rings. The van der Waals surface area contributed by atoms with Gasteiger partial charge in [-0.2, -0.15) is 0 Å². The quantitative estimate of drug-likeness (QED) is 0.437. The Hall–Kier alpha value is -1.45. The van der Waals surface area contributed by atoms with Crippen molar-refractivity contribution in [1.82, 2.24) is 5.32 Å². The van der Waals surface area contributed by atoms with Gasteiger partial charge in [0.1, 0.15) is 19.0 Å². The summed E-state index contributed by atoms with van der Waals surface area (Å²) in [5.41, 5.74) is 0. The Morgan fingerprint density at radius 3 is 2.68 bits per heavy atom. The van der Waals surface area contributed by atoms with Crippen molar-refractivity contribution in [3.8, 4) is 0 Å². The second-order valence-corrected chi connectivity index (χ2v) is 5.47. The van der Waals surface area contributed by atoms with Gasteiger partial charge in [-0.05, 0) is 43.1 Å². The van der Waals surface area contributed by atoms with E-state index in [4.69, 9.17) is 9.47 Å². The number of fused-ring (bicyclic) bond motifs is 2. The van der Waals surface area contributed by atoms with E-state index in [1.54, 1.807) is 0 Å². The summed E-state index contributed by atoms with van der Waals surface area (Å²) in [5, 5.41) is 2.85. The lowest BCUT2D eigenvalue weighted by Crippen LogP contribution is -2.32. The number of rotatable bonds is 7. The van der Waals surface area contributed by atoms with Gasteiger partial charge in [-0.1, -0.05) is 19.6 Å². The summed E-state index contributed by atoms with van der Waals surface area (Å²) in [5.74, 6) is 2.88. The highest BCUT2D eigenvalue weighted by Gasteiger charge is 2.39. The summed E-state index contributed by atoms with van der Waals surface area (Å²) in [6.07, 6.45) is 6.52. The molecule has 0 saturated heterocycles. The van der Waals surface area contributed by atoms with Gasteiger partial charge in [0, 0.05) is 6.54 Å². The van der Waals surface area contributed by atoms with Crippen LogP contribution in [0.3, 0.4) is 0 Å². The van der Waals surface area contributed by atoms with E-state index in [0.717, 1.165) is 18.4 Å². The summed E-state index contributed by atoms with van der Waals surface area (Å²) in [7, 11) is 0. The molecule has 0 spiro atoms. The average Bonchev–Trinajstić information content (AvgIpc) is 3.03. The van der Waals surface area contributed by atoms with E-state index >= 15 is 0 Å². The molecule has 1 N–H and O–H groups in total. The van der Waals surface area contributed by atoms with Crippen molar-refractivity contribution in [3.05, 3.63) is 25.0 Å². The molecule has 0 aromatic rings. The highest BCUT2D eigenvalue weighted by molar-refractivity contribution is 5.67. The lowest BCUT2D eigenvalue weighted by atomic mass is 9.89. The van der Waals surface area contributed by atoms with Crippen LogP contribution in [0.25, 0.3) is 0 Å². The minimum Gasteiger partial charge on any atom is -0.491 e. The summed E-state index contributed by atoms with van der Waals surface area (Å²) in [6.45, 7) is 8.42. The molecule has 0 radical (unpaired) electrons. The third kappa shape index (κ3) is 4.01. The highest BCUT2D eigenvalue weighted by atomic mass is 16.6. The zero-order valence-electron chi connectivity index (χ0n) is 11.4. The molecule has 3 atom stereocenters. The van der Waals surface area contributed by atoms with Gasteiger partial charge in [-0.25, -0.2) is 4.79 Å². The molecule has 0 heterocycles. The van der Waals surface area contributed by atoms with Gasteiger partial charge in [0.15, 0.2) is 0 Å². The van der Waals surface area contributed by atoms with Gasteiger partial charge in [0.05, 0.1) is 0 Å². The Kier molecular flexibility index (Phi) is 4.88. The maximum absolute atomic E-state index is 11.5. The predicted octanol–water partition coefficient (Wildman–Crippen LogP) is 2.87. The topological polar surface area (TPSA) is 47.6 Å². The van der Waals surface area contributed by atoms with E-state index in [1.165, 1.54) is 31.8 Å². The van der Waals surface area contributed by atoms with Gasteiger partial charge >= 0.3 is 6.09 Å². The van der Waals surface area contributed by atoms with Crippen molar-refractivity contribution in [2.45, 2.75) is 25.7 Å². The molecule has 4 heteroatoms. The number of allylic oxidation sites excluding steroid dienone is 1. The monoisotopic (exact) mass is 265 g/mol. The van der Waals surface area contributed by atoms with Crippen LogP contribution in [0.4, 0.5) is 4.79 Å². The van der Waals surface area contributed by atoms with Crippen LogP contribution in [-0.2, 0) is 9.47 Å². The first-order valence-electron chi connectivity index (χ1n) is 7.03. The number of amides is 1. The fraction of sp³-hybridized carbons (Fsp3) is 0.667. The molecule has 2 saturated carbocycles. The van der Waals surface area contributed by atoms with E-state index in [1.807, 2.05) is 0 Å². The Morgan fingerprint density at radius 2 is 2.05 bits per heavy atom. The summed E-state index contributed by atoms with van der Waals surface area (Å²) >= 11 is 0. The van der Waals surface area contributed by atoms with Crippen LogP contribution in [0.1, 0.15) is 25.7 Å². The Morgan fingerprint density at radius 1 is 1.26 bits per heavy atom. The van der Waals surface area contributed by atoms with Gasteiger partial charge in [-0.3, -0.25) is 0 Å². The van der Waals surface area contributed by atoms with Crippen LogP contribution in [0, 0.1) is 17.8 Å². The minimum atomic E-state index is -0.351. The number of ether oxygens (including phenoxy) is 2. The molecular formula is C15H23NO3. The molecule has 0 aromatic heterocycles. The molecule has 2 aliphatic rings. The van der Waals surface area contributed by atoms with Crippen molar-refractivity contribution in [1.29, 1.82) is 0 Å².